The van der Waals surface area contributed by atoms with Crippen LogP contribution in [0.5, 0.6) is 17.2 Å². The first-order valence-electron chi connectivity index (χ1n) is 11.3. The molecule has 6 heteroatoms. The van der Waals surface area contributed by atoms with Crippen molar-refractivity contribution in [3.8, 4) is 17.2 Å². The molecule has 3 aromatic rings. The van der Waals surface area contributed by atoms with Gasteiger partial charge in [0.1, 0.15) is 11.5 Å². The number of fused-ring (bicyclic) bond motifs is 2. The molecule has 2 aliphatic heterocycles. The van der Waals surface area contributed by atoms with Crippen LogP contribution in [0.1, 0.15) is 17.5 Å². The van der Waals surface area contributed by atoms with Gasteiger partial charge in [-0.05, 0) is 36.2 Å². The standard InChI is InChI=1S/C27H27N3O3/c1-32-24-14-7-11-21-26(24)33-23-13-6-5-12-22(23)28-27(21)30-16-8-15-29(17-18-30)25(31)19-20-9-3-2-4-10-20/h2-7,9-14H,8,15-19H2,1H3. The summed E-state index contributed by atoms with van der Waals surface area (Å²) in [6.45, 7) is 2.92. The van der Waals surface area contributed by atoms with Crippen molar-refractivity contribution in [1.82, 2.24) is 9.80 Å². The van der Waals surface area contributed by atoms with Crippen LogP contribution in [0.15, 0.2) is 77.8 Å². The Hall–Kier alpha value is -3.80. The molecule has 0 bridgehead atoms. The molecule has 0 unspecified atom stereocenters. The third kappa shape index (κ3) is 4.42. The van der Waals surface area contributed by atoms with Gasteiger partial charge in [-0.1, -0.05) is 48.5 Å². The summed E-state index contributed by atoms with van der Waals surface area (Å²) in [5.41, 5.74) is 2.73. The molecule has 0 saturated carbocycles. The third-order valence-corrected chi connectivity index (χ3v) is 6.09. The van der Waals surface area contributed by atoms with Crippen molar-refractivity contribution >= 4 is 17.4 Å². The van der Waals surface area contributed by atoms with Gasteiger partial charge in [-0.25, -0.2) is 4.99 Å². The number of ether oxygens (including phenoxy) is 2. The summed E-state index contributed by atoms with van der Waals surface area (Å²) in [4.78, 5) is 22.2. The van der Waals surface area contributed by atoms with E-state index in [0.29, 0.717) is 36.8 Å². The van der Waals surface area contributed by atoms with Gasteiger partial charge < -0.3 is 19.3 Å². The summed E-state index contributed by atoms with van der Waals surface area (Å²) in [6, 6.07) is 23.6. The molecule has 1 saturated heterocycles. The van der Waals surface area contributed by atoms with Crippen LogP contribution in [0, 0.1) is 0 Å². The fourth-order valence-corrected chi connectivity index (χ4v) is 4.38. The Balaban J connectivity index is 1.42. The Morgan fingerprint density at radius 3 is 2.61 bits per heavy atom. The Morgan fingerprint density at radius 1 is 0.939 bits per heavy atom. The number of carbonyl (C=O) groups excluding carboxylic acids is 1. The van der Waals surface area contributed by atoms with E-state index in [1.807, 2.05) is 77.7 Å². The van der Waals surface area contributed by atoms with Gasteiger partial charge in [-0.15, -0.1) is 0 Å². The van der Waals surface area contributed by atoms with Crippen LogP contribution in [0.4, 0.5) is 5.69 Å². The molecular weight excluding hydrogens is 414 g/mol. The predicted molar refractivity (Wildman–Crippen MR) is 129 cm³/mol. The van der Waals surface area contributed by atoms with E-state index in [2.05, 4.69) is 4.90 Å². The topological polar surface area (TPSA) is 54.4 Å². The minimum Gasteiger partial charge on any atom is -0.493 e. The van der Waals surface area contributed by atoms with E-state index in [4.69, 9.17) is 14.5 Å². The number of rotatable bonds is 3. The molecule has 0 atom stereocenters. The van der Waals surface area contributed by atoms with Crippen LogP contribution in [0.2, 0.25) is 0 Å². The van der Waals surface area contributed by atoms with Gasteiger partial charge in [0.25, 0.3) is 0 Å². The van der Waals surface area contributed by atoms with Crippen molar-refractivity contribution in [3.05, 3.63) is 83.9 Å². The highest BCUT2D eigenvalue weighted by atomic mass is 16.5. The molecule has 5 rings (SSSR count). The van der Waals surface area contributed by atoms with Crippen LogP contribution >= 0.6 is 0 Å². The maximum Gasteiger partial charge on any atom is 0.227 e. The molecule has 2 heterocycles. The Morgan fingerprint density at radius 2 is 1.76 bits per heavy atom. The zero-order valence-corrected chi connectivity index (χ0v) is 18.7. The molecule has 0 aliphatic carbocycles. The molecule has 33 heavy (non-hydrogen) atoms. The highest BCUT2D eigenvalue weighted by Gasteiger charge is 2.27. The molecule has 6 nitrogen and oxygen atoms in total. The number of benzene rings is 3. The van der Waals surface area contributed by atoms with E-state index in [1.54, 1.807) is 7.11 Å². The third-order valence-electron chi connectivity index (χ3n) is 6.09. The van der Waals surface area contributed by atoms with Crippen molar-refractivity contribution in [3.63, 3.8) is 0 Å². The molecule has 0 N–H and O–H groups in total. The van der Waals surface area contributed by atoms with Crippen molar-refractivity contribution in [2.24, 2.45) is 4.99 Å². The fourth-order valence-electron chi connectivity index (χ4n) is 4.38. The number of methoxy groups -OCH3 is 1. The fraction of sp³-hybridized carbons (Fsp3) is 0.259. The molecule has 0 spiro atoms. The zero-order valence-electron chi connectivity index (χ0n) is 18.7. The first-order valence-corrected chi connectivity index (χ1v) is 11.3. The van der Waals surface area contributed by atoms with Crippen LogP contribution in [-0.4, -0.2) is 54.8 Å². The molecular formula is C27H27N3O3. The first kappa shape index (κ1) is 21.1. The maximum atomic E-state index is 12.9. The summed E-state index contributed by atoms with van der Waals surface area (Å²) < 4.78 is 11.9. The summed E-state index contributed by atoms with van der Waals surface area (Å²) in [7, 11) is 1.65. The minimum atomic E-state index is 0.168. The van der Waals surface area contributed by atoms with Crippen LogP contribution < -0.4 is 9.47 Å². The predicted octanol–water partition coefficient (Wildman–Crippen LogP) is 4.66. The first-order chi connectivity index (χ1) is 16.2. The summed E-state index contributed by atoms with van der Waals surface area (Å²) in [6.07, 6.45) is 1.31. The zero-order chi connectivity index (χ0) is 22.6. The number of nitrogens with zero attached hydrogens (tertiary/aromatic N) is 3. The Bertz CT molecular complexity index is 1180. The highest BCUT2D eigenvalue weighted by molar-refractivity contribution is 6.04. The molecule has 1 amide bonds. The van der Waals surface area contributed by atoms with E-state index in [9.17, 15) is 4.79 Å². The van der Waals surface area contributed by atoms with Crippen molar-refractivity contribution in [2.75, 3.05) is 33.3 Å². The number of carbonyl (C=O) groups is 1. The largest absolute Gasteiger partial charge is 0.493 e. The summed E-state index contributed by atoms with van der Waals surface area (Å²) >= 11 is 0. The van der Waals surface area contributed by atoms with Crippen LogP contribution in [0.3, 0.4) is 0 Å². The SMILES string of the molecule is COc1cccc2c1Oc1ccccc1N=C2N1CCCN(C(=O)Cc2ccccc2)CC1. The van der Waals surface area contributed by atoms with Gasteiger partial charge in [0, 0.05) is 26.2 Å². The lowest BCUT2D eigenvalue weighted by Gasteiger charge is -2.25. The molecule has 168 valence electrons. The highest BCUT2D eigenvalue weighted by Crippen LogP contribution is 2.42. The number of amidine groups is 1. The lowest BCUT2D eigenvalue weighted by molar-refractivity contribution is -0.130. The van der Waals surface area contributed by atoms with E-state index in [0.717, 1.165) is 42.2 Å². The quantitative estimate of drug-likeness (QED) is 0.593. The average Bonchev–Trinajstić information content (AvgIpc) is 3.19. The monoisotopic (exact) mass is 441 g/mol. The molecule has 0 radical (unpaired) electrons. The van der Waals surface area contributed by atoms with Crippen molar-refractivity contribution in [2.45, 2.75) is 12.8 Å². The normalized spacial score (nSPS) is 15.4. The molecule has 0 aromatic heterocycles. The number of amides is 1. The second kappa shape index (κ2) is 9.36. The lowest BCUT2D eigenvalue weighted by atomic mass is 10.1. The van der Waals surface area contributed by atoms with E-state index < -0.39 is 0 Å². The number of hydrogen-bond acceptors (Lipinski definition) is 5. The van der Waals surface area contributed by atoms with E-state index in [1.165, 1.54) is 0 Å². The number of aliphatic imine (C=N–C) groups is 1. The molecule has 1 fully saturated rings. The van der Waals surface area contributed by atoms with Gasteiger partial charge in [0.15, 0.2) is 17.2 Å². The molecule has 3 aromatic carbocycles. The van der Waals surface area contributed by atoms with Gasteiger partial charge in [0.05, 0.1) is 19.1 Å². The lowest BCUT2D eigenvalue weighted by Crippen LogP contribution is -2.38. The van der Waals surface area contributed by atoms with Gasteiger partial charge in [0.2, 0.25) is 5.91 Å². The average molecular weight is 442 g/mol. The summed E-state index contributed by atoms with van der Waals surface area (Å²) in [5.74, 6) is 3.07. The van der Waals surface area contributed by atoms with Crippen molar-refractivity contribution in [1.29, 1.82) is 0 Å². The van der Waals surface area contributed by atoms with E-state index in [-0.39, 0.29) is 5.91 Å². The van der Waals surface area contributed by atoms with E-state index >= 15 is 0 Å². The second-order valence-corrected chi connectivity index (χ2v) is 8.23. The Labute approximate surface area is 194 Å². The summed E-state index contributed by atoms with van der Waals surface area (Å²) in [5, 5.41) is 0. The number of hydrogen-bond donors (Lipinski definition) is 0. The minimum absolute atomic E-state index is 0.168. The maximum absolute atomic E-state index is 12.9. The smallest absolute Gasteiger partial charge is 0.227 e. The van der Waals surface area contributed by atoms with Gasteiger partial charge in [-0.2, -0.15) is 0 Å². The molecule has 2 aliphatic rings. The second-order valence-electron chi connectivity index (χ2n) is 8.23. The van der Waals surface area contributed by atoms with Crippen LogP contribution in [-0.2, 0) is 11.2 Å². The van der Waals surface area contributed by atoms with Gasteiger partial charge >= 0.3 is 0 Å². The van der Waals surface area contributed by atoms with Gasteiger partial charge in [-0.3, -0.25) is 4.79 Å². The van der Waals surface area contributed by atoms with Crippen molar-refractivity contribution < 1.29 is 14.3 Å². The van der Waals surface area contributed by atoms with Crippen LogP contribution in [0.25, 0.3) is 0 Å². The Kier molecular flexibility index (Phi) is 5.98. The number of para-hydroxylation sites is 3.